The van der Waals surface area contributed by atoms with Crippen molar-refractivity contribution in [2.24, 2.45) is 5.92 Å². The molecule has 3 N–H and O–H groups in total. The summed E-state index contributed by atoms with van der Waals surface area (Å²) < 4.78 is 29.0. The molecule has 1 aliphatic heterocycles. The minimum Gasteiger partial charge on any atom is -0.478 e. The van der Waals surface area contributed by atoms with Crippen LogP contribution < -0.4 is 10.0 Å². The molecule has 5 rings (SSSR count). The molecule has 0 spiro atoms. The number of halogens is 1. The number of carbonyl (C=O) groups is 1. The van der Waals surface area contributed by atoms with E-state index < -0.39 is 16.0 Å². The van der Waals surface area contributed by atoms with Gasteiger partial charge >= 0.3 is 5.97 Å². The molecule has 1 aliphatic carbocycles. The van der Waals surface area contributed by atoms with Gasteiger partial charge in [0.05, 0.1) is 22.2 Å². The molecule has 3 atom stereocenters. The van der Waals surface area contributed by atoms with Crippen LogP contribution in [-0.2, 0) is 10.0 Å². The first-order valence-corrected chi connectivity index (χ1v) is 12.8. The summed E-state index contributed by atoms with van der Waals surface area (Å²) in [5.74, 6) is -0.697. The second-order valence-electron chi connectivity index (χ2n) is 8.67. The van der Waals surface area contributed by atoms with Gasteiger partial charge < -0.3 is 10.4 Å². The van der Waals surface area contributed by atoms with E-state index in [-0.39, 0.29) is 28.3 Å². The molecular weight excluding hydrogens is 472 g/mol. The van der Waals surface area contributed by atoms with Crippen LogP contribution in [0.3, 0.4) is 0 Å². The van der Waals surface area contributed by atoms with Crippen molar-refractivity contribution in [2.75, 3.05) is 10.0 Å². The van der Waals surface area contributed by atoms with Crippen LogP contribution in [0.2, 0.25) is 5.02 Å². The van der Waals surface area contributed by atoms with E-state index in [0.717, 1.165) is 23.2 Å². The summed E-state index contributed by atoms with van der Waals surface area (Å²) in [5.41, 5.74) is 4.18. The highest BCUT2D eigenvalue weighted by Gasteiger charge is 2.38. The van der Waals surface area contributed by atoms with Crippen LogP contribution in [-0.4, -0.2) is 19.5 Å². The summed E-state index contributed by atoms with van der Waals surface area (Å²) >= 11 is 6.15. The molecule has 0 unspecified atom stereocenters. The zero-order valence-corrected chi connectivity index (χ0v) is 19.9. The summed E-state index contributed by atoms with van der Waals surface area (Å²) in [5, 5.41) is 13.2. The molecule has 3 aromatic carbocycles. The number of benzene rings is 3. The number of nitrogens with one attached hydrogen (secondary N) is 2. The van der Waals surface area contributed by atoms with Crippen LogP contribution in [0.15, 0.2) is 77.7 Å². The Morgan fingerprint density at radius 3 is 2.62 bits per heavy atom. The van der Waals surface area contributed by atoms with Crippen molar-refractivity contribution in [3.05, 3.63) is 100 Å². The Bertz CT molecular complexity index is 1420. The fourth-order valence-electron chi connectivity index (χ4n) is 4.82. The summed E-state index contributed by atoms with van der Waals surface area (Å²) in [7, 11) is -3.81. The Hall–Kier alpha value is -3.29. The van der Waals surface area contributed by atoms with Gasteiger partial charge in [-0.2, -0.15) is 0 Å². The van der Waals surface area contributed by atoms with Gasteiger partial charge in [-0.3, -0.25) is 4.72 Å². The Balaban J connectivity index is 1.47. The van der Waals surface area contributed by atoms with Crippen molar-refractivity contribution in [1.29, 1.82) is 0 Å². The highest BCUT2D eigenvalue weighted by Crippen LogP contribution is 2.50. The van der Waals surface area contributed by atoms with Crippen LogP contribution in [0.1, 0.15) is 45.4 Å². The lowest BCUT2D eigenvalue weighted by Crippen LogP contribution is -2.29. The van der Waals surface area contributed by atoms with Gasteiger partial charge in [0.1, 0.15) is 0 Å². The van der Waals surface area contributed by atoms with Crippen molar-refractivity contribution < 1.29 is 18.3 Å². The van der Waals surface area contributed by atoms with Crippen LogP contribution >= 0.6 is 11.6 Å². The summed E-state index contributed by atoms with van der Waals surface area (Å²) in [6.45, 7) is 1.77. The third-order valence-corrected chi connectivity index (χ3v) is 8.45. The molecule has 0 bridgehead atoms. The molecule has 3 aromatic rings. The molecular formula is C26H23ClN2O4S. The number of fused-ring (bicyclic) bond motifs is 3. The lowest BCUT2D eigenvalue weighted by atomic mass is 9.77. The Morgan fingerprint density at radius 1 is 1.12 bits per heavy atom. The van der Waals surface area contributed by atoms with E-state index in [9.17, 15) is 18.3 Å². The van der Waals surface area contributed by atoms with Crippen molar-refractivity contribution in [1.82, 2.24) is 0 Å². The first kappa shape index (κ1) is 22.5. The SMILES string of the molecule is Cc1c(Cl)cccc1NS(=O)(=O)c1ccc2c(c1)[C@H]1C=CC[C@H]1[C@@H](c1ccc(C(=O)O)cc1)N2. The predicted molar refractivity (Wildman–Crippen MR) is 133 cm³/mol. The number of anilines is 2. The quantitative estimate of drug-likeness (QED) is 0.379. The van der Waals surface area contributed by atoms with Crippen molar-refractivity contribution >= 4 is 39.0 Å². The van der Waals surface area contributed by atoms with Gasteiger partial charge in [0.25, 0.3) is 10.0 Å². The molecule has 0 aromatic heterocycles. The summed E-state index contributed by atoms with van der Waals surface area (Å²) in [4.78, 5) is 11.4. The predicted octanol–water partition coefficient (Wildman–Crippen LogP) is 5.97. The minimum atomic E-state index is -3.81. The number of carboxylic acid groups (broad SMARTS) is 1. The Labute approximate surface area is 203 Å². The largest absolute Gasteiger partial charge is 0.478 e. The number of sulfonamides is 1. The summed E-state index contributed by atoms with van der Waals surface area (Å²) in [6, 6.07) is 17.2. The normalized spacial score (nSPS) is 20.8. The summed E-state index contributed by atoms with van der Waals surface area (Å²) in [6.07, 6.45) is 5.10. The van der Waals surface area contributed by atoms with E-state index in [1.165, 1.54) is 0 Å². The molecule has 6 nitrogen and oxygen atoms in total. The van der Waals surface area contributed by atoms with E-state index in [4.69, 9.17) is 11.6 Å². The fraction of sp³-hybridized carbons (Fsp3) is 0.192. The first-order chi connectivity index (χ1) is 16.2. The van der Waals surface area contributed by atoms with Crippen molar-refractivity contribution in [3.8, 4) is 0 Å². The van der Waals surface area contributed by atoms with Crippen LogP contribution in [0.5, 0.6) is 0 Å². The fourth-order valence-corrected chi connectivity index (χ4v) is 6.16. The lowest BCUT2D eigenvalue weighted by molar-refractivity contribution is 0.0697. The molecule has 174 valence electrons. The van der Waals surface area contributed by atoms with Crippen LogP contribution in [0.25, 0.3) is 0 Å². The van der Waals surface area contributed by atoms with E-state index in [0.29, 0.717) is 16.3 Å². The standard InChI is InChI=1S/C26H23ClN2O4S/c1-15-22(27)6-3-7-23(15)29-34(32,33)18-12-13-24-21(14-18)19-4-2-5-20(19)25(28-24)16-8-10-17(11-9-16)26(30)31/h2-4,6-14,19-20,25,28-29H,5H2,1H3,(H,30,31)/t19-,20+,25+/m0/s1. The second kappa shape index (κ2) is 8.49. The topological polar surface area (TPSA) is 95.5 Å². The van der Waals surface area contributed by atoms with E-state index in [1.54, 1.807) is 55.5 Å². The number of carboxylic acids is 1. The van der Waals surface area contributed by atoms with Gasteiger partial charge in [-0.15, -0.1) is 0 Å². The van der Waals surface area contributed by atoms with Crippen molar-refractivity contribution in [3.63, 3.8) is 0 Å². The number of hydrogen-bond acceptors (Lipinski definition) is 4. The van der Waals surface area contributed by atoms with Crippen LogP contribution in [0.4, 0.5) is 11.4 Å². The third-order valence-electron chi connectivity index (χ3n) is 6.67. The molecule has 34 heavy (non-hydrogen) atoms. The zero-order chi connectivity index (χ0) is 24.0. The highest BCUT2D eigenvalue weighted by atomic mass is 35.5. The Kier molecular flexibility index (Phi) is 5.62. The highest BCUT2D eigenvalue weighted by molar-refractivity contribution is 7.92. The van der Waals surface area contributed by atoms with E-state index in [1.807, 2.05) is 12.1 Å². The van der Waals surface area contributed by atoms with Crippen LogP contribution in [0, 0.1) is 12.8 Å². The minimum absolute atomic E-state index is 0.00922. The molecule has 0 amide bonds. The number of allylic oxidation sites excluding steroid dienone is 2. The van der Waals surface area contributed by atoms with Gasteiger partial charge in [-0.05, 0) is 78.4 Å². The maximum atomic E-state index is 13.2. The molecule has 2 aliphatic rings. The van der Waals surface area contributed by atoms with Gasteiger partial charge in [0, 0.05) is 16.6 Å². The average Bonchev–Trinajstić information content (AvgIpc) is 3.31. The Morgan fingerprint density at radius 2 is 1.88 bits per heavy atom. The maximum absolute atomic E-state index is 13.2. The smallest absolute Gasteiger partial charge is 0.335 e. The molecule has 0 saturated heterocycles. The number of hydrogen-bond donors (Lipinski definition) is 3. The molecule has 0 saturated carbocycles. The number of aromatic carboxylic acids is 1. The number of rotatable bonds is 5. The molecule has 8 heteroatoms. The lowest BCUT2D eigenvalue weighted by Gasteiger charge is -2.37. The maximum Gasteiger partial charge on any atom is 0.335 e. The molecule has 1 heterocycles. The third kappa shape index (κ3) is 3.95. The average molecular weight is 495 g/mol. The zero-order valence-electron chi connectivity index (χ0n) is 18.3. The first-order valence-electron chi connectivity index (χ1n) is 10.9. The van der Waals surface area contributed by atoms with Gasteiger partial charge in [-0.25, -0.2) is 13.2 Å². The van der Waals surface area contributed by atoms with Gasteiger partial charge in [0.15, 0.2) is 0 Å². The van der Waals surface area contributed by atoms with E-state index in [2.05, 4.69) is 22.2 Å². The van der Waals surface area contributed by atoms with Gasteiger partial charge in [0.2, 0.25) is 0 Å². The molecule has 0 fully saturated rings. The second-order valence-corrected chi connectivity index (χ2v) is 10.8. The van der Waals surface area contributed by atoms with Gasteiger partial charge in [-0.1, -0.05) is 42.0 Å². The van der Waals surface area contributed by atoms with E-state index >= 15 is 0 Å². The monoisotopic (exact) mass is 494 g/mol. The van der Waals surface area contributed by atoms with Crippen molar-refractivity contribution in [2.45, 2.75) is 30.2 Å². The molecule has 0 radical (unpaired) electrons.